The minimum Gasteiger partial charge on any atom is -0.466 e. The fourth-order valence-electron chi connectivity index (χ4n) is 2.32. The van der Waals surface area contributed by atoms with Gasteiger partial charge in [-0.3, -0.25) is 4.79 Å². The Labute approximate surface area is 127 Å². The number of aliphatic hydroxyl groups is 1. The van der Waals surface area contributed by atoms with Crippen molar-refractivity contribution in [2.75, 3.05) is 19.8 Å². The minimum absolute atomic E-state index is 0.00627. The maximum absolute atomic E-state index is 11.6. The molecular weight excluding hydrogens is 266 g/mol. The van der Waals surface area contributed by atoms with Gasteiger partial charge in [-0.1, -0.05) is 37.6 Å². The summed E-state index contributed by atoms with van der Waals surface area (Å²) in [7, 11) is 0. The Kier molecular flexibility index (Phi) is 8.71. The van der Waals surface area contributed by atoms with E-state index in [-0.39, 0.29) is 18.6 Å². The first-order chi connectivity index (χ1) is 10.2. The monoisotopic (exact) mass is 293 g/mol. The van der Waals surface area contributed by atoms with Crippen LogP contribution in [0.3, 0.4) is 0 Å². The zero-order valence-corrected chi connectivity index (χ0v) is 13.1. The van der Waals surface area contributed by atoms with Crippen molar-refractivity contribution in [2.24, 2.45) is 0 Å². The number of carbonyl (C=O) groups excluding carboxylic acids is 1. The van der Waals surface area contributed by atoms with Gasteiger partial charge in [0.2, 0.25) is 0 Å². The molecule has 1 atom stereocenters. The van der Waals surface area contributed by atoms with Crippen LogP contribution >= 0.6 is 0 Å². The molecule has 1 unspecified atom stereocenters. The zero-order valence-electron chi connectivity index (χ0n) is 13.1. The molecule has 4 heteroatoms. The predicted octanol–water partition coefficient (Wildman–Crippen LogP) is 2.09. The highest BCUT2D eigenvalue weighted by molar-refractivity contribution is 5.70. The normalized spacial score (nSPS) is 12.1. The van der Waals surface area contributed by atoms with Crippen LogP contribution in [-0.4, -0.2) is 36.9 Å². The van der Waals surface area contributed by atoms with Gasteiger partial charge in [-0.15, -0.1) is 0 Å². The SMILES string of the molecule is CCCc1ccc(CC(CC(=O)OCC)NCCO)cc1. The first kappa shape index (κ1) is 17.7. The van der Waals surface area contributed by atoms with Crippen molar-refractivity contribution in [2.45, 2.75) is 45.6 Å². The maximum atomic E-state index is 11.6. The van der Waals surface area contributed by atoms with Gasteiger partial charge < -0.3 is 15.2 Å². The molecule has 0 spiro atoms. The van der Waals surface area contributed by atoms with Gasteiger partial charge in [-0.2, -0.15) is 0 Å². The molecule has 1 rings (SSSR count). The molecular formula is C17H27NO3. The summed E-state index contributed by atoms with van der Waals surface area (Å²) >= 11 is 0. The highest BCUT2D eigenvalue weighted by atomic mass is 16.5. The lowest BCUT2D eigenvalue weighted by molar-refractivity contribution is -0.143. The Morgan fingerprint density at radius 3 is 2.48 bits per heavy atom. The summed E-state index contributed by atoms with van der Waals surface area (Å²) in [4.78, 5) is 11.6. The molecule has 0 aliphatic heterocycles. The van der Waals surface area contributed by atoms with Gasteiger partial charge in [0.05, 0.1) is 19.6 Å². The summed E-state index contributed by atoms with van der Waals surface area (Å²) in [5.41, 5.74) is 2.53. The first-order valence-corrected chi connectivity index (χ1v) is 7.77. The number of benzene rings is 1. The summed E-state index contributed by atoms with van der Waals surface area (Å²) in [5.74, 6) is -0.199. The van der Waals surface area contributed by atoms with Gasteiger partial charge in [0.1, 0.15) is 0 Å². The highest BCUT2D eigenvalue weighted by Gasteiger charge is 2.14. The molecule has 21 heavy (non-hydrogen) atoms. The molecule has 4 nitrogen and oxygen atoms in total. The van der Waals surface area contributed by atoms with Crippen LogP contribution in [0, 0.1) is 0 Å². The number of ether oxygens (including phenoxy) is 1. The third kappa shape index (κ3) is 7.25. The maximum Gasteiger partial charge on any atom is 0.307 e. The molecule has 0 amide bonds. The van der Waals surface area contributed by atoms with Crippen LogP contribution in [-0.2, 0) is 22.4 Å². The molecule has 1 aromatic rings. The molecule has 0 aromatic heterocycles. The van der Waals surface area contributed by atoms with Crippen LogP contribution in [0.25, 0.3) is 0 Å². The van der Waals surface area contributed by atoms with Gasteiger partial charge in [0.15, 0.2) is 0 Å². The van der Waals surface area contributed by atoms with Crippen LogP contribution in [0.2, 0.25) is 0 Å². The van der Waals surface area contributed by atoms with E-state index in [1.54, 1.807) is 6.92 Å². The summed E-state index contributed by atoms with van der Waals surface area (Å²) < 4.78 is 5.00. The molecule has 0 aliphatic rings. The Balaban J connectivity index is 2.59. The number of aliphatic hydroxyl groups excluding tert-OH is 1. The van der Waals surface area contributed by atoms with E-state index in [2.05, 4.69) is 36.5 Å². The van der Waals surface area contributed by atoms with E-state index in [0.29, 0.717) is 19.6 Å². The van der Waals surface area contributed by atoms with Crippen molar-refractivity contribution >= 4 is 5.97 Å². The van der Waals surface area contributed by atoms with Crippen LogP contribution in [0.15, 0.2) is 24.3 Å². The number of hydrogen-bond donors (Lipinski definition) is 2. The molecule has 0 radical (unpaired) electrons. The smallest absolute Gasteiger partial charge is 0.307 e. The topological polar surface area (TPSA) is 58.6 Å². The third-order valence-electron chi connectivity index (χ3n) is 3.31. The van der Waals surface area contributed by atoms with Crippen molar-refractivity contribution in [1.82, 2.24) is 5.32 Å². The number of aryl methyl sites for hydroxylation is 1. The van der Waals surface area contributed by atoms with E-state index in [9.17, 15) is 4.79 Å². The summed E-state index contributed by atoms with van der Waals surface area (Å²) in [5, 5.41) is 12.1. The second-order valence-electron chi connectivity index (χ2n) is 5.15. The minimum atomic E-state index is -0.199. The van der Waals surface area contributed by atoms with Crippen molar-refractivity contribution in [3.8, 4) is 0 Å². The molecule has 0 aliphatic carbocycles. The van der Waals surface area contributed by atoms with Gasteiger partial charge in [0.25, 0.3) is 0 Å². The number of nitrogens with one attached hydrogen (secondary N) is 1. The largest absolute Gasteiger partial charge is 0.466 e. The van der Waals surface area contributed by atoms with Gasteiger partial charge in [-0.05, 0) is 30.9 Å². The molecule has 0 heterocycles. The highest BCUT2D eigenvalue weighted by Crippen LogP contribution is 2.10. The van der Waals surface area contributed by atoms with E-state index >= 15 is 0 Å². The Hall–Kier alpha value is -1.39. The van der Waals surface area contributed by atoms with Gasteiger partial charge >= 0.3 is 5.97 Å². The summed E-state index contributed by atoms with van der Waals surface area (Å²) in [6.45, 7) is 4.92. The predicted molar refractivity (Wildman–Crippen MR) is 84.3 cm³/mol. The fraction of sp³-hybridized carbons (Fsp3) is 0.588. The van der Waals surface area contributed by atoms with Crippen LogP contribution in [0.5, 0.6) is 0 Å². The quantitative estimate of drug-likeness (QED) is 0.649. The second-order valence-corrected chi connectivity index (χ2v) is 5.15. The molecule has 0 fully saturated rings. The standard InChI is InChI=1S/C17H27NO3/c1-3-5-14-6-8-15(9-7-14)12-16(18-10-11-19)13-17(20)21-4-2/h6-9,16,18-19H,3-5,10-13H2,1-2H3. The summed E-state index contributed by atoms with van der Waals surface area (Å²) in [6, 6.07) is 8.51. The third-order valence-corrected chi connectivity index (χ3v) is 3.31. The molecule has 0 saturated heterocycles. The van der Waals surface area contributed by atoms with Crippen LogP contribution in [0.1, 0.15) is 37.8 Å². The number of esters is 1. The van der Waals surface area contributed by atoms with Crippen molar-refractivity contribution in [1.29, 1.82) is 0 Å². The van der Waals surface area contributed by atoms with E-state index in [1.807, 2.05) is 0 Å². The van der Waals surface area contributed by atoms with E-state index in [0.717, 1.165) is 19.3 Å². The van der Waals surface area contributed by atoms with Crippen LogP contribution < -0.4 is 5.32 Å². The lowest BCUT2D eigenvalue weighted by Gasteiger charge is -2.17. The lowest BCUT2D eigenvalue weighted by Crippen LogP contribution is -2.35. The Morgan fingerprint density at radius 1 is 1.24 bits per heavy atom. The average molecular weight is 293 g/mol. The molecule has 0 saturated carbocycles. The molecule has 1 aromatic carbocycles. The first-order valence-electron chi connectivity index (χ1n) is 7.77. The van der Waals surface area contributed by atoms with E-state index < -0.39 is 0 Å². The number of rotatable bonds is 10. The fourth-order valence-corrected chi connectivity index (χ4v) is 2.32. The van der Waals surface area contributed by atoms with Crippen LogP contribution in [0.4, 0.5) is 0 Å². The molecule has 118 valence electrons. The zero-order chi connectivity index (χ0) is 15.5. The average Bonchev–Trinajstić information content (AvgIpc) is 2.47. The Bertz CT molecular complexity index is 403. The van der Waals surface area contributed by atoms with Gasteiger partial charge in [-0.25, -0.2) is 0 Å². The van der Waals surface area contributed by atoms with E-state index in [4.69, 9.17) is 9.84 Å². The van der Waals surface area contributed by atoms with E-state index in [1.165, 1.54) is 11.1 Å². The number of hydrogen-bond acceptors (Lipinski definition) is 4. The lowest BCUT2D eigenvalue weighted by atomic mass is 10.0. The van der Waals surface area contributed by atoms with Crippen molar-refractivity contribution in [3.05, 3.63) is 35.4 Å². The van der Waals surface area contributed by atoms with Gasteiger partial charge in [0, 0.05) is 12.6 Å². The molecule has 0 bridgehead atoms. The number of carbonyl (C=O) groups is 1. The summed E-state index contributed by atoms with van der Waals surface area (Å²) in [6.07, 6.45) is 3.31. The van der Waals surface area contributed by atoms with Crippen molar-refractivity contribution in [3.63, 3.8) is 0 Å². The second kappa shape index (κ2) is 10.4. The Morgan fingerprint density at radius 2 is 1.90 bits per heavy atom. The van der Waals surface area contributed by atoms with Crippen molar-refractivity contribution < 1.29 is 14.6 Å². The molecule has 2 N–H and O–H groups in total.